The summed E-state index contributed by atoms with van der Waals surface area (Å²) in [6, 6.07) is 14.4. The van der Waals surface area contributed by atoms with E-state index >= 15 is 0 Å². The molecule has 10 nitrogen and oxygen atoms in total. The molecule has 0 aromatic heterocycles. The molecular formula is C27H27N3O7S. The number of amides is 2. The average Bonchev–Trinajstić information content (AvgIpc) is 2.93. The van der Waals surface area contributed by atoms with Crippen molar-refractivity contribution < 1.29 is 32.3 Å². The van der Waals surface area contributed by atoms with E-state index in [0.29, 0.717) is 29.7 Å². The molecule has 11 heteroatoms. The number of esters is 1. The maximum Gasteiger partial charge on any atom is 0.338 e. The van der Waals surface area contributed by atoms with E-state index in [2.05, 4.69) is 4.90 Å². The molecule has 2 aliphatic rings. The zero-order valence-electron chi connectivity index (χ0n) is 21.0. The Kier molecular flexibility index (Phi) is 6.91. The van der Waals surface area contributed by atoms with Gasteiger partial charge in [0.05, 0.1) is 30.2 Å². The highest BCUT2D eigenvalue weighted by molar-refractivity contribution is 7.89. The number of nitrogens with zero attached hydrogens (tertiary/aromatic N) is 3. The molecular weight excluding hydrogens is 510 g/mol. The second-order valence-corrected chi connectivity index (χ2v) is 11.3. The van der Waals surface area contributed by atoms with Crippen molar-refractivity contribution in [2.45, 2.75) is 4.90 Å². The quantitative estimate of drug-likeness (QED) is 0.334. The SMILES string of the molecule is CN(C)S(=O)(=O)c1ccc(C(=O)OCCN2C(=O)c3cccc4c(N5CCOCC5)ccc(c34)C2=O)cc1. The Labute approximate surface area is 220 Å². The lowest BCUT2D eigenvalue weighted by atomic mass is 9.92. The fourth-order valence-corrected chi connectivity index (χ4v) is 5.60. The van der Waals surface area contributed by atoms with Gasteiger partial charge in [-0.1, -0.05) is 12.1 Å². The maximum absolute atomic E-state index is 13.3. The topological polar surface area (TPSA) is 114 Å². The number of morpholine rings is 1. The van der Waals surface area contributed by atoms with Crippen LogP contribution in [0.5, 0.6) is 0 Å². The second kappa shape index (κ2) is 10.2. The summed E-state index contributed by atoms with van der Waals surface area (Å²) in [6.07, 6.45) is 0. The summed E-state index contributed by atoms with van der Waals surface area (Å²) in [5, 5.41) is 1.47. The number of sulfonamides is 1. The summed E-state index contributed by atoms with van der Waals surface area (Å²) in [5.41, 5.74) is 1.97. The minimum atomic E-state index is -3.62. The first-order chi connectivity index (χ1) is 18.2. The van der Waals surface area contributed by atoms with Gasteiger partial charge < -0.3 is 14.4 Å². The van der Waals surface area contributed by atoms with Crippen molar-refractivity contribution in [2.24, 2.45) is 0 Å². The Morgan fingerprint density at radius 3 is 2.26 bits per heavy atom. The number of hydrogen-bond donors (Lipinski definition) is 0. The fraction of sp³-hybridized carbons (Fsp3) is 0.296. The minimum absolute atomic E-state index is 0.0492. The fourth-order valence-electron chi connectivity index (χ4n) is 4.70. The van der Waals surface area contributed by atoms with E-state index in [-0.39, 0.29) is 23.6 Å². The van der Waals surface area contributed by atoms with Gasteiger partial charge in [-0.3, -0.25) is 14.5 Å². The monoisotopic (exact) mass is 537 g/mol. The smallest absolute Gasteiger partial charge is 0.338 e. The van der Waals surface area contributed by atoms with E-state index in [1.165, 1.54) is 38.4 Å². The van der Waals surface area contributed by atoms with Crippen molar-refractivity contribution in [3.05, 3.63) is 71.3 Å². The molecule has 1 fully saturated rings. The first-order valence-corrected chi connectivity index (χ1v) is 13.6. The van der Waals surface area contributed by atoms with Gasteiger partial charge in [0.25, 0.3) is 11.8 Å². The van der Waals surface area contributed by atoms with Crippen molar-refractivity contribution in [2.75, 3.05) is 58.5 Å². The summed E-state index contributed by atoms with van der Waals surface area (Å²) < 4.78 is 36.2. The van der Waals surface area contributed by atoms with Crippen LogP contribution in [0.3, 0.4) is 0 Å². The predicted octanol–water partition coefficient (Wildman–Crippen LogP) is 2.38. The zero-order chi connectivity index (χ0) is 27.0. The molecule has 0 radical (unpaired) electrons. The van der Waals surface area contributed by atoms with E-state index in [1.54, 1.807) is 18.2 Å². The van der Waals surface area contributed by atoms with Gasteiger partial charge in [-0.2, -0.15) is 0 Å². The molecule has 0 atom stereocenters. The van der Waals surface area contributed by atoms with Crippen LogP contribution in [0.2, 0.25) is 0 Å². The molecule has 198 valence electrons. The molecule has 0 spiro atoms. The van der Waals surface area contributed by atoms with Gasteiger partial charge in [-0.15, -0.1) is 0 Å². The number of anilines is 1. The molecule has 0 aliphatic carbocycles. The lowest BCUT2D eigenvalue weighted by Gasteiger charge is -2.32. The van der Waals surface area contributed by atoms with E-state index < -0.39 is 27.8 Å². The van der Waals surface area contributed by atoms with Crippen LogP contribution in [0, 0.1) is 0 Å². The number of carbonyl (C=O) groups excluding carboxylic acids is 3. The summed E-state index contributed by atoms with van der Waals surface area (Å²) in [5.74, 6) is -1.57. The first-order valence-electron chi connectivity index (χ1n) is 12.1. The second-order valence-electron chi connectivity index (χ2n) is 9.17. The Morgan fingerprint density at radius 2 is 1.61 bits per heavy atom. The zero-order valence-corrected chi connectivity index (χ0v) is 21.9. The number of hydrogen-bond acceptors (Lipinski definition) is 8. The van der Waals surface area contributed by atoms with E-state index in [9.17, 15) is 22.8 Å². The number of benzene rings is 3. The standard InChI is InChI=1S/C27H27N3O7S/c1-28(2)38(34,35)19-8-6-18(7-9-19)27(33)37-17-14-30-25(31)21-5-3-4-20-23(29-12-15-36-16-13-29)11-10-22(24(20)21)26(30)32/h3-11H,12-17H2,1-2H3. The summed E-state index contributed by atoms with van der Waals surface area (Å²) >= 11 is 0. The third kappa shape index (κ3) is 4.53. The van der Waals surface area contributed by atoms with Crippen LogP contribution >= 0.6 is 0 Å². The van der Waals surface area contributed by atoms with Crippen molar-refractivity contribution in [1.29, 1.82) is 0 Å². The van der Waals surface area contributed by atoms with E-state index in [1.807, 2.05) is 12.1 Å². The van der Waals surface area contributed by atoms with Crippen molar-refractivity contribution in [3.8, 4) is 0 Å². The Morgan fingerprint density at radius 1 is 0.947 bits per heavy atom. The van der Waals surface area contributed by atoms with Gasteiger partial charge >= 0.3 is 5.97 Å². The molecule has 2 amide bonds. The number of carbonyl (C=O) groups is 3. The summed E-state index contributed by atoms with van der Waals surface area (Å²) in [4.78, 5) is 42.4. The number of rotatable bonds is 7. The van der Waals surface area contributed by atoms with Crippen LogP contribution in [-0.2, 0) is 19.5 Å². The van der Waals surface area contributed by atoms with E-state index in [4.69, 9.17) is 9.47 Å². The predicted molar refractivity (Wildman–Crippen MR) is 140 cm³/mol. The molecule has 1 saturated heterocycles. The molecule has 0 bridgehead atoms. The molecule has 38 heavy (non-hydrogen) atoms. The molecule has 0 N–H and O–H groups in total. The average molecular weight is 538 g/mol. The summed E-state index contributed by atoms with van der Waals surface area (Å²) in [6.45, 7) is 2.38. The lowest BCUT2D eigenvalue weighted by molar-refractivity contribution is 0.0405. The highest BCUT2D eigenvalue weighted by atomic mass is 32.2. The van der Waals surface area contributed by atoms with Crippen molar-refractivity contribution >= 4 is 44.3 Å². The molecule has 5 rings (SSSR count). The molecule has 2 aliphatic heterocycles. The largest absolute Gasteiger partial charge is 0.460 e. The van der Waals surface area contributed by atoms with E-state index in [0.717, 1.165) is 33.4 Å². The third-order valence-electron chi connectivity index (χ3n) is 6.74. The molecule has 0 saturated carbocycles. The lowest BCUT2D eigenvalue weighted by Crippen LogP contribution is -2.42. The number of imide groups is 1. The first kappa shape index (κ1) is 25.8. The molecule has 0 unspecified atom stereocenters. The summed E-state index contributed by atoms with van der Waals surface area (Å²) in [7, 11) is -0.783. The highest BCUT2D eigenvalue weighted by Crippen LogP contribution is 2.36. The Hall–Kier alpha value is -3.80. The van der Waals surface area contributed by atoms with Gasteiger partial charge in [0.1, 0.15) is 6.61 Å². The Balaban J connectivity index is 1.30. The maximum atomic E-state index is 13.3. The Bertz CT molecular complexity index is 1510. The van der Waals surface area contributed by atoms with Crippen LogP contribution in [-0.4, -0.2) is 89.0 Å². The van der Waals surface area contributed by atoms with Crippen LogP contribution < -0.4 is 4.90 Å². The van der Waals surface area contributed by atoms with Gasteiger partial charge in [0.15, 0.2) is 0 Å². The van der Waals surface area contributed by atoms with Crippen LogP contribution in [0.15, 0.2) is 59.5 Å². The van der Waals surface area contributed by atoms with Gasteiger partial charge in [-0.05, 0) is 42.5 Å². The number of ether oxygens (including phenoxy) is 2. The van der Waals surface area contributed by atoms with Gasteiger partial charge in [0.2, 0.25) is 10.0 Å². The highest BCUT2D eigenvalue weighted by Gasteiger charge is 2.34. The molecule has 2 heterocycles. The van der Waals surface area contributed by atoms with Gasteiger partial charge in [-0.25, -0.2) is 17.5 Å². The molecule has 3 aromatic rings. The molecule has 3 aromatic carbocycles. The van der Waals surface area contributed by atoms with Crippen molar-refractivity contribution in [3.63, 3.8) is 0 Å². The van der Waals surface area contributed by atoms with Crippen LogP contribution in [0.25, 0.3) is 10.8 Å². The minimum Gasteiger partial charge on any atom is -0.460 e. The van der Waals surface area contributed by atoms with Crippen molar-refractivity contribution in [1.82, 2.24) is 9.21 Å². The third-order valence-corrected chi connectivity index (χ3v) is 8.57. The van der Waals surface area contributed by atoms with Crippen LogP contribution in [0.1, 0.15) is 31.1 Å². The normalized spacial score (nSPS) is 15.9. The van der Waals surface area contributed by atoms with Gasteiger partial charge in [0, 0.05) is 54.8 Å². The van der Waals surface area contributed by atoms with Crippen LogP contribution in [0.4, 0.5) is 5.69 Å².